The highest BCUT2D eigenvalue weighted by molar-refractivity contribution is 5.92. The van der Waals surface area contributed by atoms with Crippen LogP contribution in [0.1, 0.15) is 24.5 Å². The number of methoxy groups -OCH3 is 2. The number of aliphatic hydroxyl groups is 1. The molecule has 1 aromatic heterocycles. The van der Waals surface area contributed by atoms with Crippen LogP contribution in [0.5, 0.6) is 11.5 Å². The number of ether oxygens (including phenoxy) is 2. The standard InChI is InChI=1S/C29H33N3O4/c1-4-19-17-32(18-28(33)31-21-14-22(35-2)16-23(15-21)36-3)12-10-20(19)13-27(32)29(34)25-9-11-30-26-8-6-5-7-24(25)26/h4-9,11,14-16,19-20,27,29,34H,1,10,12-13,17-18H2,2-3H3/p+1/t19-,20-,27+,29-,32-/m0/s1. The minimum Gasteiger partial charge on any atom is -0.497 e. The van der Waals surface area contributed by atoms with E-state index in [2.05, 4.69) is 16.9 Å². The van der Waals surface area contributed by atoms with Gasteiger partial charge in [0.25, 0.3) is 5.91 Å². The van der Waals surface area contributed by atoms with Gasteiger partial charge in [-0.25, -0.2) is 0 Å². The van der Waals surface area contributed by atoms with Crippen LogP contribution >= 0.6 is 0 Å². The van der Waals surface area contributed by atoms with Crippen LogP contribution in [0.2, 0.25) is 0 Å². The largest absolute Gasteiger partial charge is 0.497 e. The molecule has 6 rings (SSSR count). The molecular formula is C29H34N3O4+. The van der Waals surface area contributed by atoms with E-state index >= 15 is 0 Å². The molecule has 3 saturated heterocycles. The molecule has 7 heteroatoms. The maximum absolute atomic E-state index is 13.4. The number of amides is 1. The number of nitrogens with one attached hydrogen (secondary N) is 1. The van der Waals surface area contributed by atoms with Crippen molar-refractivity contribution in [3.05, 3.63) is 72.9 Å². The van der Waals surface area contributed by atoms with Crippen molar-refractivity contribution in [1.29, 1.82) is 0 Å². The summed E-state index contributed by atoms with van der Waals surface area (Å²) in [4.78, 5) is 17.9. The van der Waals surface area contributed by atoms with Gasteiger partial charge in [-0.05, 0) is 23.6 Å². The lowest BCUT2D eigenvalue weighted by atomic mass is 9.71. The highest BCUT2D eigenvalue weighted by Crippen LogP contribution is 2.47. The number of anilines is 1. The Kier molecular flexibility index (Phi) is 6.69. The number of para-hydroxylation sites is 1. The summed E-state index contributed by atoms with van der Waals surface area (Å²) in [5, 5.41) is 15.8. The molecule has 7 nitrogen and oxygen atoms in total. The number of aromatic nitrogens is 1. The topological polar surface area (TPSA) is 80.7 Å². The zero-order chi connectivity index (χ0) is 25.3. The fourth-order valence-electron chi connectivity index (χ4n) is 6.33. The van der Waals surface area contributed by atoms with Gasteiger partial charge in [-0.2, -0.15) is 0 Å². The van der Waals surface area contributed by atoms with Crippen molar-refractivity contribution >= 4 is 22.5 Å². The number of carbonyl (C=O) groups is 1. The Morgan fingerprint density at radius 3 is 2.69 bits per heavy atom. The second kappa shape index (κ2) is 9.91. The van der Waals surface area contributed by atoms with E-state index in [1.807, 2.05) is 36.4 Å². The molecule has 2 N–H and O–H groups in total. The van der Waals surface area contributed by atoms with Crippen LogP contribution < -0.4 is 14.8 Å². The van der Waals surface area contributed by atoms with Crippen molar-refractivity contribution in [3.8, 4) is 11.5 Å². The predicted octanol–water partition coefficient (Wildman–Crippen LogP) is 4.34. The molecule has 0 aliphatic carbocycles. The van der Waals surface area contributed by atoms with Crippen LogP contribution in [0.25, 0.3) is 10.9 Å². The van der Waals surface area contributed by atoms with Gasteiger partial charge in [0.15, 0.2) is 6.54 Å². The number of benzene rings is 2. The first kappa shape index (κ1) is 24.3. The van der Waals surface area contributed by atoms with E-state index in [9.17, 15) is 9.90 Å². The van der Waals surface area contributed by atoms with Gasteiger partial charge in [0.2, 0.25) is 0 Å². The lowest BCUT2D eigenvalue weighted by Gasteiger charge is -2.57. The molecule has 0 saturated carbocycles. The van der Waals surface area contributed by atoms with Crippen LogP contribution in [-0.2, 0) is 4.79 Å². The summed E-state index contributed by atoms with van der Waals surface area (Å²) in [6.07, 6.45) is 4.98. The van der Waals surface area contributed by atoms with E-state index in [0.29, 0.717) is 33.5 Å². The number of pyridine rings is 1. The Morgan fingerprint density at radius 2 is 1.97 bits per heavy atom. The molecule has 3 fully saturated rings. The predicted molar refractivity (Wildman–Crippen MR) is 140 cm³/mol. The summed E-state index contributed by atoms with van der Waals surface area (Å²) in [7, 11) is 3.17. The van der Waals surface area contributed by atoms with E-state index < -0.39 is 6.10 Å². The summed E-state index contributed by atoms with van der Waals surface area (Å²) in [6.45, 7) is 6.01. The number of carbonyl (C=O) groups excluding carboxylic acids is 1. The molecule has 5 atom stereocenters. The van der Waals surface area contributed by atoms with Gasteiger partial charge in [0.1, 0.15) is 23.6 Å². The zero-order valence-corrected chi connectivity index (χ0v) is 20.9. The van der Waals surface area contributed by atoms with Gasteiger partial charge in [0, 0.05) is 54.2 Å². The third-order valence-corrected chi connectivity index (χ3v) is 8.14. The Labute approximate surface area is 212 Å². The molecule has 2 aromatic carbocycles. The number of rotatable bonds is 8. The molecule has 0 unspecified atom stereocenters. The Morgan fingerprint density at radius 1 is 1.22 bits per heavy atom. The summed E-state index contributed by atoms with van der Waals surface area (Å²) < 4.78 is 11.2. The molecule has 3 aromatic rings. The molecule has 4 heterocycles. The quantitative estimate of drug-likeness (QED) is 0.364. The minimum absolute atomic E-state index is 0.0867. The molecule has 3 aliphatic rings. The Balaban J connectivity index is 1.45. The summed E-state index contributed by atoms with van der Waals surface area (Å²) >= 11 is 0. The number of hydrogen-bond acceptors (Lipinski definition) is 5. The first-order chi connectivity index (χ1) is 17.5. The van der Waals surface area contributed by atoms with Crippen LogP contribution in [0.3, 0.4) is 0 Å². The number of quaternary nitrogens is 1. The van der Waals surface area contributed by atoms with Crippen LogP contribution in [-0.4, -0.2) is 60.4 Å². The number of fused-ring (bicyclic) bond motifs is 4. The molecule has 0 radical (unpaired) electrons. The van der Waals surface area contributed by atoms with Crippen LogP contribution in [0.15, 0.2) is 67.4 Å². The highest BCUT2D eigenvalue weighted by atomic mass is 16.5. The average Bonchev–Trinajstić information content (AvgIpc) is 2.91. The Bertz CT molecular complexity index is 1250. The fraction of sp³-hybridized carbons (Fsp3) is 0.379. The molecule has 3 aliphatic heterocycles. The summed E-state index contributed by atoms with van der Waals surface area (Å²) in [5.41, 5.74) is 2.37. The summed E-state index contributed by atoms with van der Waals surface area (Å²) in [6, 6.07) is 15.1. The van der Waals surface area contributed by atoms with Gasteiger partial charge in [-0.3, -0.25) is 9.78 Å². The average molecular weight is 489 g/mol. The zero-order valence-electron chi connectivity index (χ0n) is 20.9. The van der Waals surface area contributed by atoms with Crippen molar-refractivity contribution in [2.45, 2.75) is 25.0 Å². The van der Waals surface area contributed by atoms with E-state index in [-0.39, 0.29) is 18.5 Å². The maximum Gasteiger partial charge on any atom is 0.279 e. The number of nitrogens with zero attached hydrogens (tertiary/aromatic N) is 2. The van der Waals surface area contributed by atoms with Gasteiger partial charge in [-0.15, -0.1) is 6.58 Å². The monoisotopic (exact) mass is 488 g/mol. The van der Waals surface area contributed by atoms with Crippen molar-refractivity contribution in [1.82, 2.24) is 4.98 Å². The van der Waals surface area contributed by atoms with Crippen molar-refractivity contribution < 1.29 is 23.9 Å². The van der Waals surface area contributed by atoms with E-state index in [1.54, 1.807) is 38.6 Å². The molecule has 0 spiro atoms. The van der Waals surface area contributed by atoms with E-state index in [0.717, 1.165) is 42.4 Å². The highest BCUT2D eigenvalue weighted by Gasteiger charge is 2.54. The fourth-order valence-corrected chi connectivity index (χ4v) is 6.33. The lowest BCUT2D eigenvalue weighted by molar-refractivity contribution is -0.966. The lowest BCUT2D eigenvalue weighted by Crippen LogP contribution is -2.69. The second-order valence-corrected chi connectivity index (χ2v) is 10.0. The summed E-state index contributed by atoms with van der Waals surface area (Å²) in [5.74, 6) is 1.94. The Hall–Kier alpha value is -3.42. The molecule has 2 bridgehead atoms. The van der Waals surface area contributed by atoms with Gasteiger partial charge >= 0.3 is 0 Å². The first-order valence-electron chi connectivity index (χ1n) is 12.5. The minimum atomic E-state index is -0.698. The first-order valence-corrected chi connectivity index (χ1v) is 12.5. The number of piperidine rings is 3. The van der Waals surface area contributed by atoms with Crippen LogP contribution in [0, 0.1) is 11.8 Å². The molecular weight excluding hydrogens is 454 g/mol. The number of hydrogen-bond donors (Lipinski definition) is 2. The third kappa shape index (κ3) is 4.45. The molecule has 188 valence electrons. The van der Waals surface area contributed by atoms with Gasteiger partial charge in [0.05, 0.1) is 32.8 Å². The smallest absolute Gasteiger partial charge is 0.279 e. The van der Waals surface area contributed by atoms with Gasteiger partial charge in [-0.1, -0.05) is 24.3 Å². The van der Waals surface area contributed by atoms with Gasteiger partial charge < -0.3 is 24.4 Å². The van der Waals surface area contributed by atoms with Crippen molar-refractivity contribution in [2.75, 3.05) is 39.2 Å². The van der Waals surface area contributed by atoms with E-state index in [1.165, 1.54) is 0 Å². The molecule has 1 amide bonds. The van der Waals surface area contributed by atoms with Crippen molar-refractivity contribution in [2.24, 2.45) is 11.8 Å². The second-order valence-electron chi connectivity index (χ2n) is 10.0. The maximum atomic E-state index is 13.4. The molecule has 36 heavy (non-hydrogen) atoms. The van der Waals surface area contributed by atoms with E-state index in [4.69, 9.17) is 9.47 Å². The SMILES string of the molecule is C=C[C@H]1C[N@+]2(CC(=O)Nc3cc(OC)cc(OC)c3)CC[C@H]1C[C@@H]2[C@@H](O)c1ccnc2ccccc12. The normalized spacial score (nSPS) is 25.8. The van der Waals surface area contributed by atoms with Crippen LogP contribution in [0.4, 0.5) is 5.69 Å². The number of aliphatic hydroxyl groups excluding tert-OH is 1. The third-order valence-electron chi connectivity index (χ3n) is 8.14. The van der Waals surface area contributed by atoms with Crippen molar-refractivity contribution in [3.63, 3.8) is 0 Å².